The lowest BCUT2D eigenvalue weighted by atomic mass is 10.3. The van der Waals surface area contributed by atoms with Crippen LogP contribution in [0, 0.1) is 0 Å². The van der Waals surface area contributed by atoms with Crippen LogP contribution in [0.1, 0.15) is 0 Å². The first-order valence-electron chi connectivity index (χ1n) is 2.72. The topological polar surface area (TPSA) is 40.5 Å². The van der Waals surface area contributed by atoms with Gasteiger partial charge in [0.25, 0.3) is 5.91 Å². The Kier molecular flexibility index (Phi) is 2.86. The van der Waals surface area contributed by atoms with E-state index in [1.165, 1.54) is 0 Å². The molecule has 6 heteroatoms. The number of amides is 1. The summed E-state index contributed by atoms with van der Waals surface area (Å²) in [4.78, 5) is 11.1. The standard InChI is InChI=1S/C5H8F3NO2/c1-9(2)4(11)3(10)5(6,7)8/h3,10H,1-2H3/t3-/m0/s1. The lowest BCUT2D eigenvalue weighted by Gasteiger charge is -2.17. The Hall–Kier alpha value is -0.780. The minimum absolute atomic E-state index is 0.679. The third kappa shape index (κ3) is 2.75. The van der Waals surface area contributed by atoms with Crippen molar-refractivity contribution >= 4 is 5.91 Å². The van der Waals surface area contributed by atoms with Crippen molar-refractivity contribution in [1.82, 2.24) is 4.90 Å². The number of hydrogen-bond acceptors (Lipinski definition) is 2. The molecule has 11 heavy (non-hydrogen) atoms. The molecule has 0 aliphatic rings. The van der Waals surface area contributed by atoms with Crippen molar-refractivity contribution in [1.29, 1.82) is 0 Å². The Labute approximate surface area is 61.4 Å². The van der Waals surface area contributed by atoms with Gasteiger partial charge in [0, 0.05) is 14.1 Å². The predicted octanol–water partition coefficient (Wildman–Crippen LogP) is -0.00220. The number of aliphatic hydroxyl groups excluding tert-OH is 1. The van der Waals surface area contributed by atoms with Gasteiger partial charge in [-0.15, -0.1) is 0 Å². The number of carbonyl (C=O) groups is 1. The van der Waals surface area contributed by atoms with E-state index in [-0.39, 0.29) is 0 Å². The fourth-order valence-electron chi connectivity index (χ4n) is 0.385. The molecule has 0 aromatic rings. The third-order valence-corrected chi connectivity index (χ3v) is 0.985. The number of aliphatic hydroxyl groups is 1. The van der Waals surface area contributed by atoms with E-state index in [1.807, 2.05) is 0 Å². The highest BCUT2D eigenvalue weighted by Crippen LogP contribution is 2.20. The minimum Gasteiger partial charge on any atom is -0.376 e. The Morgan fingerprint density at radius 1 is 1.45 bits per heavy atom. The van der Waals surface area contributed by atoms with Gasteiger partial charge in [-0.05, 0) is 0 Å². The second-order valence-electron chi connectivity index (χ2n) is 2.18. The molecule has 0 aromatic carbocycles. The molecule has 1 N–H and O–H groups in total. The van der Waals surface area contributed by atoms with Gasteiger partial charge in [0.05, 0.1) is 0 Å². The van der Waals surface area contributed by atoms with Crippen LogP contribution in [0.25, 0.3) is 0 Å². The molecule has 1 atom stereocenters. The van der Waals surface area contributed by atoms with Crippen molar-refractivity contribution in [2.45, 2.75) is 12.3 Å². The van der Waals surface area contributed by atoms with Gasteiger partial charge in [-0.25, -0.2) is 0 Å². The van der Waals surface area contributed by atoms with Gasteiger partial charge in [0.2, 0.25) is 6.10 Å². The van der Waals surface area contributed by atoms with E-state index in [9.17, 15) is 18.0 Å². The summed E-state index contributed by atoms with van der Waals surface area (Å²) in [7, 11) is 2.27. The first-order chi connectivity index (χ1) is 4.76. The summed E-state index contributed by atoms with van der Waals surface area (Å²) in [6, 6.07) is 0. The Morgan fingerprint density at radius 2 is 1.82 bits per heavy atom. The van der Waals surface area contributed by atoms with Crippen LogP contribution in [0.3, 0.4) is 0 Å². The van der Waals surface area contributed by atoms with Crippen molar-refractivity contribution in [2.75, 3.05) is 14.1 Å². The molecule has 0 aromatic heterocycles. The number of alkyl halides is 3. The first-order valence-corrected chi connectivity index (χ1v) is 2.72. The molecule has 0 aliphatic carbocycles. The van der Waals surface area contributed by atoms with E-state index in [2.05, 4.69) is 0 Å². The zero-order chi connectivity index (χ0) is 9.23. The number of likely N-dealkylation sites (N-methyl/N-ethyl adjacent to an activating group) is 1. The fourth-order valence-corrected chi connectivity index (χ4v) is 0.385. The number of hydrogen-bond donors (Lipinski definition) is 1. The van der Waals surface area contributed by atoms with Gasteiger partial charge in [0.1, 0.15) is 0 Å². The SMILES string of the molecule is CN(C)C(=O)[C@H](O)C(F)(F)F. The largest absolute Gasteiger partial charge is 0.423 e. The second-order valence-corrected chi connectivity index (χ2v) is 2.18. The minimum atomic E-state index is -4.87. The molecule has 0 aliphatic heterocycles. The summed E-state index contributed by atoms with van der Waals surface area (Å²) in [5.41, 5.74) is 0. The maximum absolute atomic E-state index is 11.6. The number of nitrogens with zero attached hydrogens (tertiary/aromatic N) is 1. The van der Waals surface area contributed by atoms with Gasteiger partial charge >= 0.3 is 6.18 Å². The Bertz CT molecular complexity index is 154. The van der Waals surface area contributed by atoms with E-state index in [1.54, 1.807) is 0 Å². The van der Waals surface area contributed by atoms with Crippen LogP contribution in [-0.4, -0.2) is 42.3 Å². The molecule has 3 nitrogen and oxygen atoms in total. The highest BCUT2D eigenvalue weighted by Gasteiger charge is 2.44. The van der Waals surface area contributed by atoms with Crippen molar-refractivity contribution in [3.8, 4) is 0 Å². The molecule has 0 rings (SSSR count). The maximum atomic E-state index is 11.6. The fraction of sp³-hybridized carbons (Fsp3) is 0.800. The monoisotopic (exact) mass is 171 g/mol. The lowest BCUT2D eigenvalue weighted by molar-refractivity contribution is -0.209. The highest BCUT2D eigenvalue weighted by atomic mass is 19.4. The van der Waals surface area contributed by atoms with Crippen LogP contribution < -0.4 is 0 Å². The Morgan fingerprint density at radius 3 is 1.91 bits per heavy atom. The molecule has 0 radical (unpaired) electrons. The van der Waals surface area contributed by atoms with Crippen LogP contribution in [-0.2, 0) is 4.79 Å². The third-order valence-electron chi connectivity index (χ3n) is 0.985. The molecule has 0 bridgehead atoms. The maximum Gasteiger partial charge on any atom is 0.423 e. The van der Waals surface area contributed by atoms with Crippen molar-refractivity contribution in [2.24, 2.45) is 0 Å². The number of halogens is 3. The van der Waals surface area contributed by atoms with E-state index in [0.29, 0.717) is 4.90 Å². The summed E-state index contributed by atoms with van der Waals surface area (Å²) < 4.78 is 34.7. The smallest absolute Gasteiger partial charge is 0.376 e. The quantitative estimate of drug-likeness (QED) is 0.603. The summed E-state index contributed by atoms with van der Waals surface area (Å²) >= 11 is 0. The molecular weight excluding hydrogens is 163 g/mol. The van der Waals surface area contributed by atoms with E-state index in [0.717, 1.165) is 14.1 Å². The molecule has 0 unspecified atom stereocenters. The average Bonchev–Trinajstić information content (AvgIpc) is 1.82. The predicted molar refractivity (Wildman–Crippen MR) is 30.8 cm³/mol. The summed E-state index contributed by atoms with van der Waals surface area (Å²) in [6.45, 7) is 0. The lowest BCUT2D eigenvalue weighted by Crippen LogP contribution is -2.43. The first kappa shape index (κ1) is 10.2. The molecule has 0 heterocycles. The number of rotatable bonds is 1. The molecule has 0 spiro atoms. The molecular formula is C5H8F3NO2. The summed E-state index contributed by atoms with van der Waals surface area (Å²) in [5.74, 6) is -1.36. The zero-order valence-corrected chi connectivity index (χ0v) is 6.01. The molecule has 0 saturated heterocycles. The van der Waals surface area contributed by atoms with Crippen molar-refractivity contribution in [3.63, 3.8) is 0 Å². The van der Waals surface area contributed by atoms with Crippen molar-refractivity contribution in [3.05, 3.63) is 0 Å². The van der Waals surface area contributed by atoms with E-state index >= 15 is 0 Å². The molecule has 0 saturated carbocycles. The second kappa shape index (κ2) is 3.08. The normalized spacial score (nSPS) is 14.4. The van der Waals surface area contributed by atoms with Crippen LogP contribution in [0.15, 0.2) is 0 Å². The van der Waals surface area contributed by atoms with Gasteiger partial charge < -0.3 is 10.0 Å². The van der Waals surface area contributed by atoms with Crippen LogP contribution in [0.4, 0.5) is 13.2 Å². The van der Waals surface area contributed by atoms with Gasteiger partial charge in [-0.3, -0.25) is 4.79 Å². The van der Waals surface area contributed by atoms with Crippen LogP contribution in [0.5, 0.6) is 0 Å². The highest BCUT2D eigenvalue weighted by molar-refractivity contribution is 5.80. The van der Waals surface area contributed by atoms with Gasteiger partial charge in [-0.2, -0.15) is 13.2 Å². The van der Waals surface area contributed by atoms with Gasteiger partial charge in [-0.1, -0.05) is 0 Å². The Balaban J connectivity index is 4.26. The molecule has 66 valence electrons. The summed E-state index contributed by atoms with van der Waals surface area (Å²) in [6.07, 6.45) is -7.78. The molecule has 0 fully saturated rings. The summed E-state index contributed by atoms with van der Waals surface area (Å²) in [5, 5.41) is 8.31. The van der Waals surface area contributed by atoms with E-state index in [4.69, 9.17) is 5.11 Å². The van der Waals surface area contributed by atoms with Gasteiger partial charge in [0.15, 0.2) is 0 Å². The number of carbonyl (C=O) groups excluding carboxylic acids is 1. The van der Waals surface area contributed by atoms with E-state index < -0.39 is 18.2 Å². The van der Waals surface area contributed by atoms with Crippen LogP contribution >= 0.6 is 0 Å². The zero-order valence-electron chi connectivity index (χ0n) is 6.01. The van der Waals surface area contributed by atoms with Crippen LogP contribution in [0.2, 0.25) is 0 Å². The molecule has 1 amide bonds. The van der Waals surface area contributed by atoms with Crippen molar-refractivity contribution < 1.29 is 23.1 Å². The average molecular weight is 171 g/mol.